The molecule has 128 valence electrons. The lowest BCUT2D eigenvalue weighted by molar-refractivity contribution is 0.220. The zero-order valence-corrected chi connectivity index (χ0v) is 14.6. The summed E-state index contributed by atoms with van der Waals surface area (Å²) in [6, 6.07) is 4.23. The van der Waals surface area contributed by atoms with Crippen LogP contribution in [0.15, 0.2) is 12.1 Å². The average molecular weight is 310 g/mol. The Labute approximate surface area is 128 Å². The Bertz CT molecular complexity index is 382. The number of aryl methyl sites for hydroxylation is 1. The van der Waals surface area contributed by atoms with Gasteiger partial charge in [0, 0.05) is 0 Å². The summed E-state index contributed by atoms with van der Waals surface area (Å²) in [6.07, 6.45) is 0.961. The first-order chi connectivity index (χ1) is 8.27. The molecule has 1 rings (SSSR count). The van der Waals surface area contributed by atoms with Crippen molar-refractivity contribution < 1.29 is 19.3 Å². The van der Waals surface area contributed by atoms with E-state index in [-0.39, 0.29) is 14.9 Å². The molecule has 1 aromatic rings. The van der Waals surface area contributed by atoms with Gasteiger partial charge in [-0.05, 0) is 55.4 Å². The minimum atomic E-state index is -1.25. The quantitative estimate of drug-likeness (QED) is 0.716. The minimum Gasteiger partial charge on any atom is -0.412 e. The van der Waals surface area contributed by atoms with Crippen molar-refractivity contribution in [1.29, 1.82) is 0 Å². The molecule has 0 unspecified atom stereocenters. The number of hydrogen-bond donors (Lipinski definition) is 0. The molecule has 0 bridgehead atoms. The third-order valence-corrected chi connectivity index (χ3v) is 3.18. The molecule has 21 heavy (non-hydrogen) atoms. The third kappa shape index (κ3) is 7.51. The Kier molecular flexibility index (Phi) is 15.6. The monoisotopic (exact) mass is 310 g/mol. The number of rotatable bonds is 3. The van der Waals surface area contributed by atoms with Gasteiger partial charge in [-0.15, -0.1) is 0 Å². The summed E-state index contributed by atoms with van der Waals surface area (Å²) in [5, 5.41) is 0. The van der Waals surface area contributed by atoms with Crippen molar-refractivity contribution in [3.05, 3.63) is 34.4 Å². The first kappa shape index (κ1) is 28.2. The van der Waals surface area contributed by atoms with E-state index in [1.165, 1.54) is 11.1 Å². The van der Waals surface area contributed by atoms with Crippen LogP contribution in [0, 0.1) is 6.92 Å². The van der Waals surface area contributed by atoms with Crippen molar-refractivity contribution in [3.63, 3.8) is 0 Å². The smallest absolute Gasteiger partial charge is 0.130 e. The van der Waals surface area contributed by atoms with Crippen LogP contribution in [0.5, 0.6) is 0 Å². The number of benzene rings is 1. The molecule has 1 nitrogen and oxygen atoms in total. The van der Waals surface area contributed by atoms with Crippen LogP contribution < -0.4 is 0 Å². The van der Waals surface area contributed by atoms with E-state index in [0.29, 0.717) is 5.92 Å². The van der Waals surface area contributed by atoms with Gasteiger partial charge in [-0.3, -0.25) is 9.41 Å². The second kappa shape index (κ2) is 11.6. The molecule has 0 radical (unpaired) electrons. The molecule has 0 atom stereocenters. The van der Waals surface area contributed by atoms with Crippen molar-refractivity contribution in [1.82, 2.24) is 0 Å². The molecule has 0 fully saturated rings. The van der Waals surface area contributed by atoms with Crippen LogP contribution in [-0.2, 0) is 12.1 Å². The van der Waals surface area contributed by atoms with Crippen molar-refractivity contribution in [3.8, 4) is 0 Å². The van der Waals surface area contributed by atoms with Crippen molar-refractivity contribution in [2.75, 3.05) is 0 Å². The van der Waals surface area contributed by atoms with Gasteiger partial charge >= 0.3 is 0 Å². The van der Waals surface area contributed by atoms with E-state index in [4.69, 9.17) is 0 Å². The number of alkyl halides is 1. The van der Waals surface area contributed by atoms with Crippen LogP contribution in [0.25, 0.3) is 0 Å². The SMILES string of the molecule is CC.CCc1cc(C(C)C)c(C)c(C(C)(C)F)c1.F.F.O. The molecule has 0 aliphatic carbocycles. The van der Waals surface area contributed by atoms with E-state index >= 15 is 0 Å². The highest BCUT2D eigenvalue weighted by atomic mass is 19.1. The fraction of sp³-hybridized carbons (Fsp3) is 0.647. The lowest BCUT2D eigenvalue weighted by Crippen LogP contribution is -2.13. The van der Waals surface area contributed by atoms with Crippen LogP contribution in [0.4, 0.5) is 13.8 Å². The molecule has 0 saturated carbocycles. The summed E-state index contributed by atoms with van der Waals surface area (Å²) in [5.41, 5.74) is 3.21. The molecule has 0 aliphatic rings. The summed E-state index contributed by atoms with van der Waals surface area (Å²) in [4.78, 5) is 0. The topological polar surface area (TPSA) is 31.5 Å². The zero-order valence-electron chi connectivity index (χ0n) is 14.6. The molecular formula is C17H33F3O. The Morgan fingerprint density at radius 2 is 1.52 bits per heavy atom. The van der Waals surface area contributed by atoms with Crippen LogP contribution in [0.2, 0.25) is 0 Å². The van der Waals surface area contributed by atoms with E-state index in [1.807, 2.05) is 26.8 Å². The zero-order chi connectivity index (χ0) is 14.5. The third-order valence-electron chi connectivity index (χ3n) is 3.18. The molecule has 0 aliphatic heterocycles. The van der Waals surface area contributed by atoms with Gasteiger partial charge in [-0.1, -0.05) is 46.8 Å². The molecule has 0 heterocycles. The molecule has 0 saturated heterocycles. The van der Waals surface area contributed by atoms with Crippen LogP contribution in [0.1, 0.15) is 76.6 Å². The van der Waals surface area contributed by atoms with E-state index in [0.717, 1.165) is 17.5 Å². The van der Waals surface area contributed by atoms with Gasteiger partial charge in [0.25, 0.3) is 0 Å². The molecule has 0 aromatic heterocycles. The molecule has 0 spiro atoms. The van der Waals surface area contributed by atoms with Crippen molar-refractivity contribution in [2.24, 2.45) is 0 Å². The van der Waals surface area contributed by atoms with Gasteiger partial charge in [0.2, 0.25) is 0 Å². The van der Waals surface area contributed by atoms with Crippen molar-refractivity contribution in [2.45, 2.75) is 73.4 Å². The Morgan fingerprint density at radius 1 is 1.10 bits per heavy atom. The lowest BCUT2D eigenvalue weighted by Gasteiger charge is -2.23. The predicted octanol–water partition coefficient (Wildman–Crippen LogP) is 5.39. The summed E-state index contributed by atoms with van der Waals surface area (Å²) < 4.78 is 14.1. The highest BCUT2D eigenvalue weighted by Crippen LogP contribution is 2.33. The molecule has 2 N–H and O–H groups in total. The van der Waals surface area contributed by atoms with E-state index in [1.54, 1.807) is 13.8 Å². The van der Waals surface area contributed by atoms with E-state index < -0.39 is 5.67 Å². The first-order valence-corrected chi connectivity index (χ1v) is 7.10. The second-order valence-electron chi connectivity index (χ2n) is 5.34. The van der Waals surface area contributed by atoms with Gasteiger partial charge in [0.05, 0.1) is 0 Å². The Hall–Kier alpha value is -1.03. The minimum absolute atomic E-state index is 0. The molecule has 0 amide bonds. The largest absolute Gasteiger partial charge is 0.412 e. The van der Waals surface area contributed by atoms with Crippen molar-refractivity contribution >= 4 is 0 Å². The fourth-order valence-corrected chi connectivity index (χ4v) is 2.22. The van der Waals surface area contributed by atoms with Crippen LogP contribution in [-0.4, -0.2) is 5.48 Å². The van der Waals surface area contributed by atoms with Gasteiger partial charge in [0.15, 0.2) is 0 Å². The van der Waals surface area contributed by atoms with E-state index in [2.05, 4.69) is 26.8 Å². The summed E-state index contributed by atoms with van der Waals surface area (Å²) in [5.74, 6) is 0.451. The summed E-state index contributed by atoms with van der Waals surface area (Å²) >= 11 is 0. The highest BCUT2D eigenvalue weighted by Gasteiger charge is 2.23. The Balaban J connectivity index is -0.000000276. The van der Waals surface area contributed by atoms with Crippen LogP contribution in [0.3, 0.4) is 0 Å². The van der Waals surface area contributed by atoms with Gasteiger partial charge < -0.3 is 5.48 Å². The number of hydrogen-bond acceptors (Lipinski definition) is 0. The summed E-state index contributed by atoms with van der Waals surface area (Å²) in [7, 11) is 0. The Morgan fingerprint density at radius 3 is 1.81 bits per heavy atom. The second-order valence-corrected chi connectivity index (χ2v) is 5.34. The molecular weight excluding hydrogens is 277 g/mol. The van der Waals surface area contributed by atoms with Gasteiger partial charge in [-0.2, -0.15) is 0 Å². The van der Waals surface area contributed by atoms with Gasteiger partial charge in [0.1, 0.15) is 5.67 Å². The number of halogens is 3. The molecule has 4 heteroatoms. The normalized spacial score (nSPS) is 9.62. The fourth-order valence-electron chi connectivity index (χ4n) is 2.22. The maximum Gasteiger partial charge on any atom is 0.130 e. The highest BCUT2D eigenvalue weighted by molar-refractivity contribution is 5.42. The van der Waals surface area contributed by atoms with E-state index in [9.17, 15) is 4.39 Å². The molecule has 1 aromatic carbocycles. The first-order valence-electron chi connectivity index (χ1n) is 7.10. The average Bonchev–Trinajstić information content (AvgIpc) is 2.30. The summed E-state index contributed by atoms with van der Waals surface area (Å²) in [6.45, 7) is 15.8. The predicted molar refractivity (Wildman–Crippen MR) is 88.7 cm³/mol. The maximum atomic E-state index is 14.1. The van der Waals surface area contributed by atoms with Gasteiger partial charge in [-0.25, -0.2) is 4.39 Å². The standard InChI is InChI=1S/C15H23F.C2H6.2FH.H2O/c1-7-12-8-13(10(2)3)11(4)14(9-12)15(5,6)16;1-2;;;/h8-10H,7H2,1-6H3;1-2H3;2*1H;1H2. The lowest BCUT2D eigenvalue weighted by atomic mass is 9.86. The van der Waals surface area contributed by atoms with Crippen LogP contribution >= 0.6 is 0 Å². The maximum absolute atomic E-state index is 14.1.